The average Bonchev–Trinajstić information content (AvgIpc) is 3.78. The molecule has 5 aromatic rings. The van der Waals surface area contributed by atoms with Gasteiger partial charge in [-0.1, -0.05) is 24.3 Å². The van der Waals surface area contributed by atoms with Crippen molar-refractivity contribution in [3.8, 4) is 22.8 Å². The minimum atomic E-state index is -0.457. The average molecular weight is 671 g/mol. The summed E-state index contributed by atoms with van der Waals surface area (Å²) in [5.41, 5.74) is 2.67. The van der Waals surface area contributed by atoms with Gasteiger partial charge in [-0.3, -0.25) is 14.4 Å². The van der Waals surface area contributed by atoms with Crippen LogP contribution in [0.3, 0.4) is 0 Å². The van der Waals surface area contributed by atoms with Crippen LogP contribution in [0, 0.1) is 0 Å². The van der Waals surface area contributed by atoms with E-state index in [1.807, 2.05) is 66.2 Å². The first-order chi connectivity index (χ1) is 22.3. The van der Waals surface area contributed by atoms with E-state index in [0.29, 0.717) is 33.6 Å². The maximum absolute atomic E-state index is 13.2. The highest BCUT2D eigenvalue weighted by molar-refractivity contribution is 8.00. The van der Waals surface area contributed by atoms with Crippen molar-refractivity contribution < 1.29 is 23.9 Å². The largest absolute Gasteiger partial charge is 0.493 e. The summed E-state index contributed by atoms with van der Waals surface area (Å²) < 4.78 is 10.7. The highest BCUT2D eigenvalue weighted by atomic mass is 32.2. The van der Waals surface area contributed by atoms with Crippen LogP contribution in [0.2, 0.25) is 0 Å². The number of anilines is 2. The van der Waals surface area contributed by atoms with Gasteiger partial charge in [0.25, 0.3) is 11.8 Å². The molecule has 3 aromatic carbocycles. The molecule has 0 fully saturated rings. The van der Waals surface area contributed by atoms with E-state index in [2.05, 4.69) is 20.9 Å². The van der Waals surface area contributed by atoms with E-state index in [-0.39, 0.29) is 17.5 Å². The number of rotatable bonds is 12. The van der Waals surface area contributed by atoms with Crippen LogP contribution in [0.4, 0.5) is 10.8 Å². The molecule has 3 N–H and O–H groups in total. The molecule has 0 saturated heterocycles. The monoisotopic (exact) mass is 670 g/mol. The number of thiophene rings is 1. The molecule has 0 aliphatic carbocycles. The first-order valence-corrected chi connectivity index (χ1v) is 16.7. The molecule has 46 heavy (non-hydrogen) atoms. The Balaban J connectivity index is 1.18. The van der Waals surface area contributed by atoms with Gasteiger partial charge in [0, 0.05) is 32.0 Å². The van der Waals surface area contributed by atoms with Crippen LogP contribution in [-0.4, -0.2) is 42.2 Å². The summed E-state index contributed by atoms with van der Waals surface area (Å²) in [5, 5.41) is 12.3. The summed E-state index contributed by atoms with van der Waals surface area (Å²) in [6.07, 6.45) is 1.64. The van der Waals surface area contributed by atoms with Crippen molar-refractivity contribution in [1.82, 2.24) is 10.3 Å². The molecular formula is C34H30N4O5S3. The molecule has 0 aliphatic heterocycles. The lowest BCUT2D eigenvalue weighted by Gasteiger charge is -2.13. The number of methoxy groups -OCH3 is 2. The van der Waals surface area contributed by atoms with Crippen molar-refractivity contribution in [3.63, 3.8) is 0 Å². The Morgan fingerprint density at radius 1 is 0.870 bits per heavy atom. The van der Waals surface area contributed by atoms with E-state index >= 15 is 0 Å². The van der Waals surface area contributed by atoms with Crippen molar-refractivity contribution in [2.45, 2.75) is 17.1 Å². The van der Waals surface area contributed by atoms with E-state index < -0.39 is 11.2 Å². The number of benzene rings is 3. The number of thiazole rings is 1. The Labute approximate surface area is 278 Å². The maximum atomic E-state index is 13.2. The molecule has 0 saturated carbocycles. The van der Waals surface area contributed by atoms with Gasteiger partial charge in [-0.05, 0) is 79.0 Å². The summed E-state index contributed by atoms with van der Waals surface area (Å²) >= 11 is 4.17. The van der Waals surface area contributed by atoms with Gasteiger partial charge < -0.3 is 25.4 Å². The maximum Gasteiger partial charge on any atom is 0.272 e. The predicted octanol–water partition coefficient (Wildman–Crippen LogP) is 7.42. The van der Waals surface area contributed by atoms with Gasteiger partial charge in [0.15, 0.2) is 16.6 Å². The van der Waals surface area contributed by atoms with Gasteiger partial charge in [0.2, 0.25) is 5.91 Å². The van der Waals surface area contributed by atoms with Gasteiger partial charge in [-0.15, -0.1) is 34.4 Å². The van der Waals surface area contributed by atoms with Gasteiger partial charge in [0.05, 0.1) is 25.2 Å². The Bertz CT molecular complexity index is 1840. The van der Waals surface area contributed by atoms with Crippen molar-refractivity contribution in [3.05, 3.63) is 112 Å². The summed E-state index contributed by atoms with van der Waals surface area (Å²) in [4.78, 5) is 45.2. The molecule has 0 spiro atoms. The molecule has 5 rings (SSSR count). The number of carbonyl (C=O) groups excluding carboxylic acids is 3. The topological polar surface area (TPSA) is 119 Å². The molecule has 2 heterocycles. The van der Waals surface area contributed by atoms with E-state index in [1.165, 1.54) is 34.4 Å². The minimum absolute atomic E-state index is 0.122. The summed E-state index contributed by atoms with van der Waals surface area (Å²) in [6.45, 7) is 1.82. The summed E-state index contributed by atoms with van der Waals surface area (Å²) in [7, 11) is 3.16. The van der Waals surface area contributed by atoms with E-state index in [4.69, 9.17) is 9.47 Å². The molecule has 2 aromatic heterocycles. The fourth-order valence-corrected chi connectivity index (χ4v) is 6.44. The van der Waals surface area contributed by atoms with E-state index in [9.17, 15) is 14.4 Å². The van der Waals surface area contributed by atoms with Crippen LogP contribution in [-0.2, 0) is 9.59 Å². The number of aromatic nitrogens is 1. The van der Waals surface area contributed by atoms with Crippen LogP contribution < -0.4 is 25.4 Å². The molecule has 1 unspecified atom stereocenters. The van der Waals surface area contributed by atoms with Crippen molar-refractivity contribution in [1.29, 1.82) is 0 Å². The van der Waals surface area contributed by atoms with Crippen LogP contribution in [0.5, 0.6) is 11.5 Å². The Morgan fingerprint density at radius 2 is 1.63 bits per heavy atom. The van der Waals surface area contributed by atoms with Crippen LogP contribution >= 0.6 is 34.4 Å². The van der Waals surface area contributed by atoms with Gasteiger partial charge >= 0.3 is 0 Å². The Kier molecular flexibility index (Phi) is 10.9. The highest BCUT2D eigenvalue weighted by Gasteiger charge is 2.18. The molecular weight excluding hydrogens is 641 g/mol. The quantitative estimate of drug-likeness (QED) is 0.0934. The van der Waals surface area contributed by atoms with Crippen LogP contribution in [0.25, 0.3) is 17.3 Å². The number of nitrogens with one attached hydrogen (secondary N) is 3. The number of thioether (sulfide) groups is 1. The van der Waals surface area contributed by atoms with Gasteiger partial charge in [-0.2, -0.15) is 0 Å². The van der Waals surface area contributed by atoms with Crippen molar-refractivity contribution in [2.24, 2.45) is 0 Å². The summed E-state index contributed by atoms with van der Waals surface area (Å²) in [6, 6.07) is 25.1. The number of ether oxygens (including phenoxy) is 2. The molecule has 12 heteroatoms. The predicted molar refractivity (Wildman–Crippen MR) is 186 cm³/mol. The van der Waals surface area contributed by atoms with Crippen molar-refractivity contribution >= 4 is 69.1 Å². The lowest BCUT2D eigenvalue weighted by Crippen LogP contribution is -2.30. The third-order valence-electron chi connectivity index (χ3n) is 6.57. The molecule has 234 valence electrons. The van der Waals surface area contributed by atoms with E-state index in [0.717, 1.165) is 15.3 Å². The van der Waals surface area contributed by atoms with Gasteiger partial charge in [-0.25, -0.2) is 4.98 Å². The first-order valence-electron chi connectivity index (χ1n) is 14.0. The second-order valence-corrected chi connectivity index (χ2v) is 13.0. The summed E-state index contributed by atoms with van der Waals surface area (Å²) in [5.74, 6) is 0.195. The van der Waals surface area contributed by atoms with Crippen LogP contribution in [0.15, 0.2) is 106 Å². The van der Waals surface area contributed by atoms with Crippen LogP contribution in [0.1, 0.15) is 22.2 Å². The Hall–Kier alpha value is -4.91. The van der Waals surface area contributed by atoms with Gasteiger partial charge in [0.1, 0.15) is 5.70 Å². The highest BCUT2D eigenvalue weighted by Crippen LogP contribution is 2.34. The third kappa shape index (κ3) is 8.42. The number of nitrogens with zero attached hydrogens (tertiary/aromatic N) is 1. The molecule has 0 aliphatic rings. The lowest BCUT2D eigenvalue weighted by atomic mass is 10.1. The molecule has 0 bridgehead atoms. The minimum Gasteiger partial charge on any atom is -0.493 e. The smallest absolute Gasteiger partial charge is 0.272 e. The molecule has 3 amide bonds. The number of carbonyl (C=O) groups is 3. The molecule has 1 atom stereocenters. The lowest BCUT2D eigenvalue weighted by molar-refractivity contribution is -0.115. The van der Waals surface area contributed by atoms with Crippen molar-refractivity contribution in [2.75, 3.05) is 24.9 Å². The number of hydrogen-bond acceptors (Lipinski definition) is 9. The number of hydrogen-bond donors (Lipinski definition) is 3. The normalized spacial score (nSPS) is 11.8. The Morgan fingerprint density at radius 3 is 2.33 bits per heavy atom. The zero-order valence-corrected chi connectivity index (χ0v) is 27.6. The third-order valence-corrected chi connectivity index (χ3v) is 9.26. The fourth-order valence-electron chi connectivity index (χ4n) is 4.20. The second-order valence-electron chi connectivity index (χ2n) is 9.73. The first kappa shape index (κ1) is 32.5. The van der Waals surface area contributed by atoms with E-state index in [1.54, 1.807) is 56.7 Å². The SMILES string of the molecule is COc1ccc(-c2csc(NC(=O)C(C)Sc3ccc(NC(=O)/C(=C/c4cccs4)NC(=O)c4ccccc4)cc3)n2)cc1OC. The zero-order chi connectivity index (χ0) is 32.5. The molecule has 9 nitrogen and oxygen atoms in total. The molecule has 0 radical (unpaired) electrons. The fraction of sp³-hybridized carbons (Fsp3) is 0.118. The zero-order valence-electron chi connectivity index (χ0n) is 25.1. The second kappa shape index (κ2) is 15.4. The standard InChI is InChI=1S/C34H30N4O5S3/c1-21(31(39)38-34-37-28(20-45-34)23-11-16-29(42-2)30(18-23)43-3)46-25-14-12-24(13-15-25)35-33(41)27(19-26-10-7-17-44-26)36-32(40)22-8-5-4-6-9-22/h4-21H,1-3H3,(H,35,41)(H,36,40)(H,37,38,39)/b27-19-. The number of amides is 3.